The summed E-state index contributed by atoms with van der Waals surface area (Å²) in [7, 11) is -0.296. The lowest BCUT2D eigenvalue weighted by molar-refractivity contribution is -0.253. The molecule has 1 fully saturated rings. The zero-order valence-corrected chi connectivity index (χ0v) is 26.9. The Labute approximate surface area is 270 Å². The fourth-order valence-corrected chi connectivity index (χ4v) is 7.11. The quantitative estimate of drug-likeness (QED) is 0.227. The van der Waals surface area contributed by atoms with E-state index in [0.29, 0.717) is 6.42 Å². The number of aliphatic hydroxyl groups excluding tert-OH is 1. The van der Waals surface area contributed by atoms with E-state index in [2.05, 4.69) is 21.8 Å². The number of sulfonamides is 1. The molecule has 3 atom stereocenters. The lowest BCUT2D eigenvalue weighted by Crippen LogP contribution is -2.41. The zero-order chi connectivity index (χ0) is 32.1. The SMILES string of the molecule is COc1cc2c(cc1OC)CN(C[C@H]1C[C@@H](c3ccc(CO)cc3)O[C@@H](c3ccc(CNS(=O)(=O)c4ccccc4)cc3)O1)CC2. The predicted molar refractivity (Wildman–Crippen MR) is 174 cm³/mol. The van der Waals surface area contributed by atoms with Crippen LogP contribution in [0.5, 0.6) is 11.5 Å². The van der Waals surface area contributed by atoms with Crippen molar-refractivity contribution in [3.05, 3.63) is 124 Å². The number of nitrogens with one attached hydrogen (secondary N) is 1. The Kier molecular flexibility index (Phi) is 10.0. The summed E-state index contributed by atoms with van der Waals surface area (Å²) in [5, 5.41) is 9.54. The largest absolute Gasteiger partial charge is 0.493 e. The van der Waals surface area contributed by atoms with Crippen molar-refractivity contribution >= 4 is 10.0 Å². The first kappa shape index (κ1) is 32.2. The van der Waals surface area contributed by atoms with Gasteiger partial charge in [0.05, 0.1) is 37.9 Å². The smallest absolute Gasteiger partial charge is 0.240 e. The minimum absolute atomic E-state index is 0.0128. The molecule has 1 saturated heterocycles. The van der Waals surface area contributed by atoms with Crippen molar-refractivity contribution in [1.29, 1.82) is 0 Å². The summed E-state index contributed by atoms with van der Waals surface area (Å²) < 4.78 is 52.2. The highest BCUT2D eigenvalue weighted by atomic mass is 32.2. The first-order valence-corrected chi connectivity index (χ1v) is 16.9. The first-order chi connectivity index (χ1) is 22.3. The van der Waals surface area contributed by atoms with Gasteiger partial charge in [-0.05, 0) is 58.5 Å². The van der Waals surface area contributed by atoms with E-state index in [-0.39, 0.29) is 30.3 Å². The van der Waals surface area contributed by atoms with Crippen LogP contribution < -0.4 is 14.2 Å². The molecule has 0 unspecified atom stereocenters. The fraction of sp³-hybridized carbons (Fsp3) is 0.333. The second-order valence-corrected chi connectivity index (χ2v) is 13.5. The van der Waals surface area contributed by atoms with E-state index >= 15 is 0 Å². The number of aliphatic hydroxyl groups is 1. The third-order valence-corrected chi connectivity index (χ3v) is 10.1. The van der Waals surface area contributed by atoms with Gasteiger partial charge in [0.25, 0.3) is 0 Å². The van der Waals surface area contributed by atoms with Gasteiger partial charge in [0, 0.05) is 38.2 Å². The van der Waals surface area contributed by atoms with Gasteiger partial charge in [-0.1, -0.05) is 66.7 Å². The van der Waals surface area contributed by atoms with E-state index < -0.39 is 16.3 Å². The molecule has 0 bridgehead atoms. The molecule has 0 amide bonds. The third-order valence-electron chi connectivity index (χ3n) is 8.65. The molecule has 2 heterocycles. The van der Waals surface area contributed by atoms with Crippen LogP contribution in [-0.4, -0.2) is 51.8 Å². The number of nitrogens with zero attached hydrogens (tertiary/aromatic N) is 1. The molecule has 0 radical (unpaired) electrons. The summed E-state index contributed by atoms with van der Waals surface area (Å²) in [6.07, 6.45) is 0.696. The molecule has 9 nitrogen and oxygen atoms in total. The molecule has 0 spiro atoms. The van der Waals surface area contributed by atoms with Crippen LogP contribution in [0.25, 0.3) is 0 Å². The second-order valence-electron chi connectivity index (χ2n) is 11.7. The summed E-state index contributed by atoms with van der Waals surface area (Å²) in [6.45, 7) is 2.57. The lowest BCUT2D eigenvalue weighted by Gasteiger charge is -2.39. The average molecular weight is 645 g/mol. The Hall–Kier alpha value is -3.77. The fourth-order valence-electron chi connectivity index (χ4n) is 6.07. The van der Waals surface area contributed by atoms with E-state index in [4.69, 9.17) is 18.9 Å². The molecular formula is C36H40N2O7S. The number of rotatable bonds is 11. The number of hydrogen-bond donors (Lipinski definition) is 2. The van der Waals surface area contributed by atoms with Crippen molar-refractivity contribution in [1.82, 2.24) is 9.62 Å². The molecule has 2 N–H and O–H groups in total. The van der Waals surface area contributed by atoms with Crippen LogP contribution in [0.15, 0.2) is 95.9 Å². The van der Waals surface area contributed by atoms with Crippen LogP contribution in [0.4, 0.5) is 0 Å². The Morgan fingerprint density at radius 2 is 1.50 bits per heavy atom. The standard InChI is InChI=1S/C36H40N2O7S/c1-42-34-18-29-16-17-38(22-30(29)19-35(34)43-2)23-31-20-33(27-12-10-26(24-39)11-13-27)45-36(44-31)28-14-8-25(9-15-28)21-37-46(40,41)32-6-4-3-5-7-32/h3-15,18-19,31,33,36-37,39H,16-17,20-24H2,1-2H3/t31-,33+,36+/m1/s1. The number of methoxy groups -OCH3 is 2. The normalized spacial score (nSPS) is 20.2. The number of benzene rings is 4. The molecule has 0 saturated carbocycles. The minimum Gasteiger partial charge on any atom is -0.493 e. The van der Waals surface area contributed by atoms with E-state index in [1.54, 1.807) is 44.6 Å². The summed E-state index contributed by atoms with van der Waals surface area (Å²) in [5.41, 5.74) is 6.06. The molecule has 6 rings (SSSR count). The maximum atomic E-state index is 12.7. The maximum absolute atomic E-state index is 12.7. The molecular weight excluding hydrogens is 604 g/mol. The minimum atomic E-state index is -3.61. The van der Waals surface area contributed by atoms with Crippen LogP contribution in [0.1, 0.15) is 52.2 Å². The predicted octanol–water partition coefficient (Wildman–Crippen LogP) is 5.28. The Balaban J connectivity index is 1.17. The van der Waals surface area contributed by atoms with Gasteiger partial charge in [0.2, 0.25) is 10.0 Å². The van der Waals surface area contributed by atoms with Gasteiger partial charge in [-0.15, -0.1) is 0 Å². The molecule has 2 aliphatic rings. The zero-order valence-electron chi connectivity index (χ0n) is 26.1. The van der Waals surface area contributed by atoms with E-state index in [0.717, 1.165) is 59.8 Å². The molecule has 2 aliphatic heterocycles. The van der Waals surface area contributed by atoms with Gasteiger partial charge >= 0.3 is 0 Å². The van der Waals surface area contributed by atoms with Crippen LogP contribution >= 0.6 is 0 Å². The van der Waals surface area contributed by atoms with E-state index in [1.807, 2.05) is 48.5 Å². The Morgan fingerprint density at radius 1 is 0.848 bits per heavy atom. The van der Waals surface area contributed by atoms with Crippen molar-refractivity contribution in [2.45, 2.75) is 55.9 Å². The Morgan fingerprint density at radius 3 is 2.17 bits per heavy atom. The van der Waals surface area contributed by atoms with E-state index in [9.17, 15) is 13.5 Å². The van der Waals surface area contributed by atoms with Crippen molar-refractivity contribution in [2.75, 3.05) is 27.3 Å². The molecule has 10 heteroatoms. The summed E-state index contributed by atoms with van der Waals surface area (Å²) >= 11 is 0. The van der Waals surface area contributed by atoms with Gasteiger partial charge in [0.1, 0.15) is 0 Å². The van der Waals surface area contributed by atoms with Gasteiger partial charge in [-0.25, -0.2) is 13.1 Å². The third kappa shape index (κ3) is 7.44. The Bertz CT molecular complexity index is 1710. The monoisotopic (exact) mass is 644 g/mol. The molecule has 0 aromatic heterocycles. The number of hydrogen-bond acceptors (Lipinski definition) is 8. The van der Waals surface area contributed by atoms with Crippen LogP contribution in [0.3, 0.4) is 0 Å². The average Bonchev–Trinajstić information content (AvgIpc) is 3.10. The first-order valence-electron chi connectivity index (χ1n) is 15.5. The van der Waals surface area contributed by atoms with Crippen LogP contribution in [0, 0.1) is 0 Å². The molecule has 4 aromatic rings. The summed E-state index contributed by atoms with van der Waals surface area (Å²) in [4.78, 5) is 2.64. The highest BCUT2D eigenvalue weighted by molar-refractivity contribution is 7.89. The summed E-state index contributed by atoms with van der Waals surface area (Å²) in [5.74, 6) is 1.48. The maximum Gasteiger partial charge on any atom is 0.240 e. The van der Waals surface area contributed by atoms with Gasteiger partial charge in [-0.2, -0.15) is 0 Å². The van der Waals surface area contributed by atoms with Gasteiger partial charge in [-0.3, -0.25) is 4.90 Å². The lowest BCUT2D eigenvalue weighted by atomic mass is 9.97. The highest BCUT2D eigenvalue weighted by Crippen LogP contribution is 2.39. The number of fused-ring (bicyclic) bond motifs is 1. The number of ether oxygens (including phenoxy) is 4. The molecule has 0 aliphatic carbocycles. The highest BCUT2D eigenvalue weighted by Gasteiger charge is 2.34. The van der Waals surface area contributed by atoms with Crippen molar-refractivity contribution in [3.63, 3.8) is 0 Å². The van der Waals surface area contributed by atoms with Crippen molar-refractivity contribution < 1.29 is 32.5 Å². The van der Waals surface area contributed by atoms with Gasteiger partial charge in [0.15, 0.2) is 17.8 Å². The van der Waals surface area contributed by atoms with Crippen LogP contribution in [0.2, 0.25) is 0 Å². The van der Waals surface area contributed by atoms with E-state index in [1.165, 1.54) is 11.1 Å². The summed E-state index contributed by atoms with van der Waals surface area (Å²) in [6, 6.07) is 28.0. The van der Waals surface area contributed by atoms with Gasteiger partial charge < -0.3 is 24.1 Å². The second kappa shape index (κ2) is 14.3. The molecule has 46 heavy (non-hydrogen) atoms. The molecule has 242 valence electrons. The van der Waals surface area contributed by atoms with Crippen molar-refractivity contribution in [2.24, 2.45) is 0 Å². The molecule has 4 aromatic carbocycles. The van der Waals surface area contributed by atoms with Crippen LogP contribution in [-0.2, 0) is 45.6 Å². The van der Waals surface area contributed by atoms with Crippen molar-refractivity contribution in [3.8, 4) is 11.5 Å². The topological polar surface area (TPSA) is 107 Å².